The zero-order valence-electron chi connectivity index (χ0n) is 15.4. The Hall–Kier alpha value is -2.18. The van der Waals surface area contributed by atoms with E-state index in [0.717, 1.165) is 22.0 Å². The first-order chi connectivity index (χ1) is 13.0. The maximum Gasteiger partial charge on any atom is 0.227 e. The first kappa shape index (κ1) is 19.6. The normalized spacial score (nSPS) is 13.1. The van der Waals surface area contributed by atoms with E-state index in [4.69, 9.17) is 11.6 Å². The van der Waals surface area contributed by atoms with E-state index in [1.54, 1.807) is 28.8 Å². The molecule has 7 heteroatoms. The van der Waals surface area contributed by atoms with E-state index < -0.39 is 0 Å². The molecule has 0 saturated carbocycles. The average molecular weight is 404 g/mol. The smallest absolute Gasteiger partial charge is 0.227 e. The lowest BCUT2D eigenvalue weighted by Crippen LogP contribution is -2.35. The van der Waals surface area contributed by atoms with Gasteiger partial charge < -0.3 is 15.1 Å². The second-order valence-electron chi connectivity index (χ2n) is 6.47. The maximum atomic E-state index is 12.6. The van der Waals surface area contributed by atoms with Crippen LogP contribution in [0.15, 0.2) is 47.4 Å². The molecule has 0 saturated heterocycles. The van der Waals surface area contributed by atoms with Gasteiger partial charge in [-0.25, -0.2) is 0 Å². The van der Waals surface area contributed by atoms with Crippen LogP contribution in [-0.2, 0) is 9.59 Å². The summed E-state index contributed by atoms with van der Waals surface area (Å²) in [6.45, 7) is 0.670. The molecule has 27 heavy (non-hydrogen) atoms. The molecule has 0 spiro atoms. The molecule has 2 aromatic rings. The average Bonchev–Trinajstić information content (AvgIpc) is 2.65. The van der Waals surface area contributed by atoms with Crippen LogP contribution in [-0.4, -0.2) is 38.2 Å². The third-order valence-electron chi connectivity index (χ3n) is 4.31. The predicted molar refractivity (Wildman–Crippen MR) is 113 cm³/mol. The monoisotopic (exact) mass is 403 g/mol. The van der Waals surface area contributed by atoms with Gasteiger partial charge in [-0.1, -0.05) is 23.7 Å². The molecule has 2 aromatic carbocycles. The number of amides is 2. The van der Waals surface area contributed by atoms with Gasteiger partial charge >= 0.3 is 0 Å². The van der Waals surface area contributed by atoms with E-state index in [1.807, 2.05) is 49.3 Å². The van der Waals surface area contributed by atoms with E-state index in [0.29, 0.717) is 17.3 Å². The van der Waals surface area contributed by atoms with Gasteiger partial charge in [-0.05, 0) is 30.3 Å². The molecule has 2 amide bonds. The zero-order valence-corrected chi connectivity index (χ0v) is 16.9. The number of hydrogen-bond acceptors (Lipinski definition) is 4. The summed E-state index contributed by atoms with van der Waals surface area (Å²) < 4.78 is 0. The number of hydrogen-bond donors (Lipinski definition) is 1. The fourth-order valence-corrected chi connectivity index (χ4v) is 4.30. The minimum atomic E-state index is -0.198. The van der Waals surface area contributed by atoms with Crippen molar-refractivity contribution in [3.8, 4) is 0 Å². The van der Waals surface area contributed by atoms with Gasteiger partial charge in [0.05, 0.1) is 16.4 Å². The highest BCUT2D eigenvalue weighted by molar-refractivity contribution is 7.99. The molecule has 1 aliphatic heterocycles. The van der Waals surface area contributed by atoms with Gasteiger partial charge in [-0.15, -0.1) is 11.8 Å². The quantitative estimate of drug-likeness (QED) is 0.810. The second kappa shape index (κ2) is 8.67. The molecule has 0 bridgehead atoms. The van der Waals surface area contributed by atoms with Crippen LogP contribution in [0, 0.1) is 0 Å². The molecular formula is C20H22ClN3O2S. The Morgan fingerprint density at radius 3 is 2.70 bits per heavy atom. The van der Waals surface area contributed by atoms with Gasteiger partial charge in [-0.2, -0.15) is 0 Å². The van der Waals surface area contributed by atoms with Gasteiger partial charge in [0, 0.05) is 49.8 Å². The van der Waals surface area contributed by atoms with Crippen LogP contribution in [0.4, 0.5) is 17.1 Å². The van der Waals surface area contributed by atoms with Gasteiger partial charge in [0.25, 0.3) is 0 Å². The summed E-state index contributed by atoms with van der Waals surface area (Å²) in [5.41, 5.74) is 2.44. The molecule has 142 valence electrons. The van der Waals surface area contributed by atoms with E-state index in [2.05, 4.69) is 5.32 Å². The summed E-state index contributed by atoms with van der Waals surface area (Å²) in [6, 6.07) is 13.2. The van der Waals surface area contributed by atoms with Crippen molar-refractivity contribution >= 4 is 52.2 Å². The lowest BCUT2D eigenvalue weighted by atomic mass is 10.2. The van der Waals surface area contributed by atoms with Crippen molar-refractivity contribution < 1.29 is 9.59 Å². The molecule has 1 aliphatic rings. The first-order valence-corrected chi connectivity index (χ1v) is 10.1. The van der Waals surface area contributed by atoms with Crippen LogP contribution >= 0.6 is 23.4 Å². The molecule has 0 radical (unpaired) electrons. The summed E-state index contributed by atoms with van der Waals surface area (Å²) >= 11 is 7.98. The van der Waals surface area contributed by atoms with Gasteiger partial charge in [0.15, 0.2) is 0 Å². The topological polar surface area (TPSA) is 52.7 Å². The number of benzene rings is 2. The summed E-state index contributed by atoms with van der Waals surface area (Å²) in [7, 11) is 3.81. The van der Waals surface area contributed by atoms with Crippen molar-refractivity contribution in [2.45, 2.75) is 17.7 Å². The van der Waals surface area contributed by atoms with Gasteiger partial charge in [-0.3, -0.25) is 9.59 Å². The number of carbonyl (C=O) groups excluding carboxylic acids is 2. The minimum absolute atomic E-state index is 0.0288. The molecular weight excluding hydrogens is 382 g/mol. The fraction of sp³-hybridized carbons (Fsp3) is 0.300. The first-order valence-electron chi connectivity index (χ1n) is 8.74. The summed E-state index contributed by atoms with van der Waals surface area (Å²) in [5.74, 6) is 0.640. The Kier molecular flexibility index (Phi) is 6.29. The Morgan fingerprint density at radius 2 is 1.96 bits per heavy atom. The summed E-state index contributed by atoms with van der Waals surface area (Å²) in [4.78, 5) is 29.6. The highest BCUT2D eigenvalue weighted by Crippen LogP contribution is 2.34. The Bertz CT molecular complexity index is 857. The highest BCUT2D eigenvalue weighted by atomic mass is 35.5. The number of fused-ring (bicyclic) bond motifs is 1. The van der Waals surface area contributed by atoms with Crippen LogP contribution in [0.25, 0.3) is 0 Å². The number of anilines is 3. The van der Waals surface area contributed by atoms with Crippen LogP contribution in [0.2, 0.25) is 5.02 Å². The lowest BCUT2D eigenvalue weighted by molar-refractivity contribution is -0.122. The van der Waals surface area contributed by atoms with Crippen LogP contribution in [0.5, 0.6) is 0 Å². The van der Waals surface area contributed by atoms with Crippen molar-refractivity contribution in [2.75, 3.05) is 41.5 Å². The zero-order chi connectivity index (χ0) is 19.4. The van der Waals surface area contributed by atoms with Crippen LogP contribution < -0.4 is 15.1 Å². The van der Waals surface area contributed by atoms with Crippen LogP contribution in [0.1, 0.15) is 12.8 Å². The third kappa shape index (κ3) is 4.76. The molecule has 0 fully saturated rings. The van der Waals surface area contributed by atoms with Crippen molar-refractivity contribution in [1.82, 2.24) is 0 Å². The van der Waals surface area contributed by atoms with Crippen molar-refractivity contribution in [3.05, 3.63) is 47.5 Å². The largest absolute Gasteiger partial charge is 0.376 e. The Balaban J connectivity index is 1.57. The minimum Gasteiger partial charge on any atom is -0.376 e. The predicted octanol–water partition coefficient (Wildman–Crippen LogP) is 4.26. The molecule has 0 unspecified atom stereocenters. The third-order valence-corrected chi connectivity index (χ3v) is 5.65. The number of nitrogens with one attached hydrogen (secondary N) is 1. The van der Waals surface area contributed by atoms with Gasteiger partial charge in [0.1, 0.15) is 0 Å². The molecule has 5 nitrogen and oxygen atoms in total. The molecule has 0 atom stereocenters. The maximum absolute atomic E-state index is 12.6. The van der Waals surface area contributed by atoms with E-state index in [-0.39, 0.29) is 24.7 Å². The molecule has 0 aliphatic carbocycles. The number of para-hydroxylation sites is 1. The fourth-order valence-electron chi connectivity index (χ4n) is 2.95. The number of halogens is 1. The Morgan fingerprint density at radius 1 is 1.19 bits per heavy atom. The second-order valence-corrected chi connectivity index (χ2v) is 8.01. The van der Waals surface area contributed by atoms with Crippen molar-refractivity contribution in [3.63, 3.8) is 0 Å². The molecule has 1 heterocycles. The SMILES string of the molecule is CN(C)c1ccc(NC(=O)CCC(=O)N2CCSc3ccccc32)cc1Cl. The lowest BCUT2D eigenvalue weighted by Gasteiger charge is -2.29. The highest BCUT2D eigenvalue weighted by Gasteiger charge is 2.22. The molecule has 0 aromatic heterocycles. The van der Waals surface area contributed by atoms with E-state index in [9.17, 15) is 9.59 Å². The van der Waals surface area contributed by atoms with Gasteiger partial charge in [0.2, 0.25) is 11.8 Å². The van der Waals surface area contributed by atoms with Crippen LogP contribution in [0.3, 0.4) is 0 Å². The number of carbonyl (C=O) groups is 2. The summed E-state index contributed by atoms with van der Waals surface area (Å²) in [6.07, 6.45) is 0.312. The number of rotatable bonds is 5. The standard InChI is InChI=1S/C20H22ClN3O2S/c1-23(2)16-8-7-14(13-15(16)21)22-19(25)9-10-20(26)24-11-12-27-18-6-4-3-5-17(18)24/h3-8,13H,9-12H2,1-2H3,(H,22,25). The van der Waals surface area contributed by atoms with Crippen molar-refractivity contribution in [2.24, 2.45) is 0 Å². The number of thioether (sulfide) groups is 1. The van der Waals surface area contributed by atoms with E-state index >= 15 is 0 Å². The molecule has 1 N–H and O–H groups in total. The number of nitrogens with zero attached hydrogens (tertiary/aromatic N) is 2. The summed E-state index contributed by atoms with van der Waals surface area (Å²) in [5, 5.41) is 3.38. The van der Waals surface area contributed by atoms with Crippen molar-refractivity contribution in [1.29, 1.82) is 0 Å². The Labute approximate surface area is 168 Å². The molecule has 3 rings (SSSR count). The van der Waals surface area contributed by atoms with E-state index in [1.165, 1.54) is 0 Å².